The fourth-order valence-electron chi connectivity index (χ4n) is 4.21. The predicted molar refractivity (Wildman–Crippen MR) is 118 cm³/mol. The molecule has 0 radical (unpaired) electrons. The van der Waals surface area contributed by atoms with Crippen molar-refractivity contribution in [1.29, 1.82) is 0 Å². The molecule has 0 aromatic heterocycles. The number of hydrogen-bond acceptors (Lipinski definition) is 1. The maximum Gasteiger partial charge on any atom is 0.0447 e. The molecule has 0 saturated heterocycles. The summed E-state index contributed by atoms with van der Waals surface area (Å²) in [6.45, 7) is 15.6. The molecular weight excluding hydrogens is 326 g/mol. The second-order valence-electron chi connectivity index (χ2n) is 8.58. The lowest BCUT2D eigenvalue weighted by Gasteiger charge is -2.28. The van der Waals surface area contributed by atoms with Crippen LogP contribution in [0.2, 0.25) is 0 Å². The Morgan fingerprint density at radius 2 is 1.67 bits per heavy atom. The number of allylic oxidation sites excluding steroid dienone is 5. The van der Waals surface area contributed by atoms with E-state index in [4.69, 9.17) is 0 Å². The maximum absolute atomic E-state index is 4.37. The SMILES string of the molecule is C=C(/C=C/C=C1\N(C)c2ccccc2C1(C)C)C(C)(C)c1ccccc1C. The van der Waals surface area contributed by atoms with Gasteiger partial charge in [-0.1, -0.05) is 88.9 Å². The van der Waals surface area contributed by atoms with Gasteiger partial charge in [-0.25, -0.2) is 0 Å². The minimum absolute atomic E-state index is 0.00253. The number of fused-ring (bicyclic) bond motifs is 1. The number of likely N-dealkylation sites (N-methyl/N-ethyl adjacent to an activating group) is 1. The Morgan fingerprint density at radius 3 is 2.33 bits per heavy atom. The van der Waals surface area contributed by atoms with Gasteiger partial charge in [-0.15, -0.1) is 0 Å². The van der Waals surface area contributed by atoms with Crippen molar-refractivity contribution in [2.75, 3.05) is 11.9 Å². The van der Waals surface area contributed by atoms with Crippen molar-refractivity contribution in [3.8, 4) is 0 Å². The smallest absolute Gasteiger partial charge is 0.0447 e. The molecule has 1 aliphatic heterocycles. The van der Waals surface area contributed by atoms with E-state index >= 15 is 0 Å². The van der Waals surface area contributed by atoms with Crippen LogP contribution in [0.1, 0.15) is 44.4 Å². The van der Waals surface area contributed by atoms with Crippen molar-refractivity contribution in [1.82, 2.24) is 0 Å². The zero-order valence-corrected chi connectivity index (χ0v) is 17.5. The number of para-hydroxylation sites is 1. The molecule has 0 atom stereocenters. The second-order valence-corrected chi connectivity index (χ2v) is 8.58. The number of aryl methyl sites for hydroxylation is 1. The second kappa shape index (κ2) is 6.88. The van der Waals surface area contributed by atoms with Crippen molar-refractivity contribution in [3.63, 3.8) is 0 Å². The molecule has 0 saturated carbocycles. The van der Waals surface area contributed by atoms with Crippen LogP contribution in [-0.4, -0.2) is 7.05 Å². The molecule has 1 nitrogen and oxygen atoms in total. The van der Waals surface area contributed by atoms with Gasteiger partial charge in [-0.3, -0.25) is 0 Å². The van der Waals surface area contributed by atoms with E-state index in [2.05, 4.69) is 120 Å². The molecule has 1 heterocycles. The summed E-state index contributed by atoms with van der Waals surface area (Å²) in [6, 6.07) is 17.2. The highest BCUT2D eigenvalue weighted by Gasteiger charge is 2.37. The van der Waals surface area contributed by atoms with Gasteiger partial charge >= 0.3 is 0 Å². The maximum atomic E-state index is 4.37. The van der Waals surface area contributed by atoms with Crippen LogP contribution in [0.5, 0.6) is 0 Å². The molecule has 1 heteroatoms. The molecule has 2 aromatic rings. The molecule has 0 amide bonds. The van der Waals surface area contributed by atoms with Crippen LogP contribution < -0.4 is 4.90 Å². The molecule has 0 spiro atoms. The number of rotatable bonds is 4. The third-order valence-electron chi connectivity index (χ3n) is 6.11. The van der Waals surface area contributed by atoms with Crippen molar-refractivity contribution < 1.29 is 0 Å². The van der Waals surface area contributed by atoms with Gasteiger partial charge < -0.3 is 4.90 Å². The number of benzene rings is 2. The first-order valence-corrected chi connectivity index (χ1v) is 9.65. The van der Waals surface area contributed by atoms with Crippen LogP contribution in [0.3, 0.4) is 0 Å². The van der Waals surface area contributed by atoms with E-state index < -0.39 is 0 Å². The monoisotopic (exact) mass is 357 g/mol. The molecule has 2 aromatic carbocycles. The molecule has 27 heavy (non-hydrogen) atoms. The molecule has 0 N–H and O–H groups in total. The summed E-state index contributed by atoms with van der Waals surface area (Å²) in [7, 11) is 2.15. The van der Waals surface area contributed by atoms with Crippen molar-refractivity contribution in [2.45, 2.75) is 45.4 Å². The van der Waals surface area contributed by atoms with Crippen LogP contribution >= 0.6 is 0 Å². The average Bonchev–Trinajstić information content (AvgIpc) is 2.82. The number of hydrogen-bond donors (Lipinski definition) is 0. The third kappa shape index (κ3) is 3.27. The highest BCUT2D eigenvalue weighted by molar-refractivity contribution is 5.70. The van der Waals surface area contributed by atoms with Gasteiger partial charge in [0.1, 0.15) is 0 Å². The molecule has 0 bridgehead atoms. The Morgan fingerprint density at radius 1 is 1.04 bits per heavy atom. The first kappa shape index (κ1) is 19.2. The minimum Gasteiger partial charge on any atom is -0.347 e. The highest BCUT2D eigenvalue weighted by atomic mass is 15.2. The quantitative estimate of drug-likeness (QED) is 0.551. The summed E-state index contributed by atoms with van der Waals surface area (Å²) in [4.78, 5) is 2.30. The molecule has 0 fully saturated rings. The largest absolute Gasteiger partial charge is 0.347 e. The van der Waals surface area contributed by atoms with Crippen LogP contribution in [0.25, 0.3) is 0 Å². The first-order chi connectivity index (χ1) is 12.7. The van der Waals surface area contributed by atoms with Gasteiger partial charge in [0.05, 0.1) is 0 Å². The zero-order chi connectivity index (χ0) is 19.8. The van der Waals surface area contributed by atoms with Crippen LogP contribution in [0, 0.1) is 6.92 Å². The Bertz CT molecular complexity index is 925. The van der Waals surface area contributed by atoms with Crippen LogP contribution in [0.4, 0.5) is 5.69 Å². The topological polar surface area (TPSA) is 3.24 Å². The van der Waals surface area contributed by atoms with E-state index in [1.807, 2.05) is 0 Å². The summed E-state index contributed by atoms with van der Waals surface area (Å²) in [5.74, 6) is 0. The molecular formula is C26H31N. The normalized spacial score (nSPS) is 17.6. The van der Waals surface area contributed by atoms with Crippen LogP contribution in [0.15, 0.2) is 84.6 Å². The Labute approximate surface area is 164 Å². The summed E-state index contributed by atoms with van der Waals surface area (Å²) in [5, 5.41) is 0. The van der Waals surface area contributed by atoms with E-state index in [0.29, 0.717) is 0 Å². The van der Waals surface area contributed by atoms with Crippen molar-refractivity contribution in [2.24, 2.45) is 0 Å². The van der Waals surface area contributed by atoms with Gasteiger partial charge in [-0.2, -0.15) is 0 Å². The van der Waals surface area contributed by atoms with Gasteiger partial charge in [0.25, 0.3) is 0 Å². The number of nitrogens with zero attached hydrogens (tertiary/aromatic N) is 1. The fraction of sp³-hybridized carbons (Fsp3) is 0.308. The molecule has 3 rings (SSSR count). The van der Waals surface area contributed by atoms with Gasteiger partial charge in [0.2, 0.25) is 0 Å². The van der Waals surface area contributed by atoms with Gasteiger partial charge in [0, 0.05) is 29.3 Å². The Hall–Kier alpha value is -2.54. The minimum atomic E-state index is -0.0968. The van der Waals surface area contributed by atoms with Crippen molar-refractivity contribution in [3.05, 3.63) is 101 Å². The lowest BCUT2D eigenvalue weighted by Crippen LogP contribution is -2.22. The predicted octanol–water partition coefficient (Wildman–Crippen LogP) is 6.70. The number of anilines is 1. The lowest BCUT2D eigenvalue weighted by atomic mass is 9.76. The van der Waals surface area contributed by atoms with Crippen LogP contribution in [-0.2, 0) is 10.8 Å². The average molecular weight is 358 g/mol. The van der Waals surface area contributed by atoms with E-state index in [-0.39, 0.29) is 10.8 Å². The summed E-state index contributed by atoms with van der Waals surface area (Å²) >= 11 is 0. The van der Waals surface area contributed by atoms with E-state index in [1.54, 1.807) is 0 Å². The lowest BCUT2D eigenvalue weighted by molar-refractivity contribution is 0.635. The molecule has 140 valence electrons. The summed E-state index contributed by atoms with van der Waals surface area (Å²) in [5.41, 5.74) is 7.64. The van der Waals surface area contributed by atoms with Crippen molar-refractivity contribution >= 4 is 5.69 Å². The zero-order valence-electron chi connectivity index (χ0n) is 17.5. The summed E-state index contributed by atoms with van der Waals surface area (Å²) < 4.78 is 0. The first-order valence-electron chi connectivity index (χ1n) is 9.65. The Balaban J connectivity index is 1.87. The highest BCUT2D eigenvalue weighted by Crippen LogP contribution is 2.46. The third-order valence-corrected chi connectivity index (χ3v) is 6.11. The molecule has 0 unspecified atom stereocenters. The van der Waals surface area contributed by atoms with Gasteiger partial charge in [-0.05, 0) is 41.3 Å². The standard InChI is InChI=1S/C26H31N/c1-19-13-8-9-15-21(19)25(3,4)20(2)14-12-18-24-26(5,6)22-16-10-11-17-23(22)27(24)7/h8-18H,2H2,1,3-7H3/b14-12+,24-18-. The van der Waals surface area contributed by atoms with Gasteiger partial charge in [0.15, 0.2) is 0 Å². The van der Waals surface area contributed by atoms with E-state index in [9.17, 15) is 0 Å². The Kier molecular flexibility index (Phi) is 4.90. The van der Waals surface area contributed by atoms with E-state index in [1.165, 1.54) is 28.1 Å². The molecule has 0 aliphatic carbocycles. The molecule has 1 aliphatic rings. The van der Waals surface area contributed by atoms with E-state index in [0.717, 1.165) is 5.57 Å². The summed E-state index contributed by atoms with van der Waals surface area (Å²) in [6.07, 6.45) is 6.55. The fourth-order valence-corrected chi connectivity index (χ4v) is 4.21.